The first kappa shape index (κ1) is 22.8. The number of hydrogen-bond donors (Lipinski definition) is 1. The fraction of sp³-hybridized carbons (Fsp3) is 0.120. The molecular formula is C25H18F2N2O5. The summed E-state index contributed by atoms with van der Waals surface area (Å²) in [5.41, 5.74) is 1.20. The number of nitrogens with zero attached hydrogens (tertiary/aromatic N) is 1. The first-order chi connectivity index (χ1) is 16.2. The molecule has 1 atom stereocenters. The Morgan fingerprint density at radius 1 is 0.941 bits per heavy atom. The van der Waals surface area contributed by atoms with Crippen LogP contribution in [0.15, 0.2) is 66.7 Å². The van der Waals surface area contributed by atoms with Crippen LogP contribution in [0.4, 0.5) is 14.5 Å². The van der Waals surface area contributed by atoms with Gasteiger partial charge in [0.2, 0.25) is 0 Å². The van der Waals surface area contributed by atoms with E-state index in [1.54, 1.807) is 36.4 Å². The van der Waals surface area contributed by atoms with Gasteiger partial charge in [0, 0.05) is 6.07 Å². The highest BCUT2D eigenvalue weighted by Crippen LogP contribution is 2.24. The van der Waals surface area contributed by atoms with E-state index in [4.69, 9.17) is 4.74 Å². The number of halogens is 2. The molecule has 1 unspecified atom stereocenters. The lowest BCUT2D eigenvalue weighted by Crippen LogP contribution is -2.30. The quantitative estimate of drug-likeness (QED) is 0.441. The maximum atomic E-state index is 13.7. The molecule has 0 radical (unpaired) electrons. The van der Waals surface area contributed by atoms with Crippen molar-refractivity contribution in [2.75, 3.05) is 5.32 Å². The number of ether oxygens (including phenoxy) is 1. The zero-order valence-corrected chi connectivity index (χ0v) is 17.9. The Morgan fingerprint density at radius 2 is 1.56 bits per heavy atom. The third kappa shape index (κ3) is 4.54. The Bertz CT molecular complexity index is 1270. The van der Waals surface area contributed by atoms with Crippen LogP contribution < -0.4 is 5.32 Å². The van der Waals surface area contributed by atoms with Crippen molar-refractivity contribution in [3.05, 3.63) is 101 Å². The van der Waals surface area contributed by atoms with E-state index in [2.05, 4.69) is 5.32 Å². The van der Waals surface area contributed by atoms with Crippen LogP contribution in [0.1, 0.15) is 43.6 Å². The Kier molecular flexibility index (Phi) is 6.18. The molecule has 0 saturated carbocycles. The van der Waals surface area contributed by atoms with E-state index in [0.717, 1.165) is 17.0 Å². The zero-order valence-electron chi connectivity index (χ0n) is 17.9. The van der Waals surface area contributed by atoms with Crippen LogP contribution in [0.2, 0.25) is 0 Å². The van der Waals surface area contributed by atoms with Crippen molar-refractivity contribution in [1.82, 2.24) is 4.90 Å². The second-order valence-electron chi connectivity index (χ2n) is 7.60. The molecule has 3 amide bonds. The van der Waals surface area contributed by atoms with Crippen molar-refractivity contribution in [3.8, 4) is 0 Å². The van der Waals surface area contributed by atoms with Gasteiger partial charge in [-0.3, -0.25) is 19.3 Å². The van der Waals surface area contributed by atoms with Crippen molar-refractivity contribution in [1.29, 1.82) is 0 Å². The number of amides is 3. The standard InChI is InChI=1S/C25H18F2N2O5/c1-14(22(30)28-21-11-10-17(26)12-20(21)27)34-25(33)16-8-6-15(7-9-16)13-29-23(31)18-4-2-3-5-19(18)24(29)32/h2-12,14H,13H2,1H3,(H,28,30). The molecule has 34 heavy (non-hydrogen) atoms. The minimum Gasteiger partial charge on any atom is -0.449 e. The Hall–Kier alpha value is -4.40. The van der Waals surface area contributed by atoms with Crippen molar-refractivity contribution in [3.63, 3.8) is 0 Å². The summed E-state index contributed by atoms with van der Waals surface area (Å²) in [6.45, 7) is 1.34. The van der Waals surface area contributed by atoms with Gasteiger partial charge >= 0.3 is 5.97 Å². The van der Waals surface area contributed by atoms with Gasteiger partial charge in [-0.2, -0.15) is 0 Å². The van der Waals surface area contributed by atoms with Crippen LogP contribution in [0, 0.1) is 11.6 Å². The third-order valence-corrected chi connectivity index (χ3v) is 5.25. The fourth-order valence-electron chi connectivity index (χ4n) is 3.42. The fourth-order valence-corrected chi connectivity index (χ4v) is 3.42. The van der Waals surface area contributed by atoms with Gasteiger partial charge in [0.05, 0.1) is 28.9 Å². The predicted octanol–water partition coefficient (Wildman–Crippen LogP) is 3.95. The average Bonchev–Trinajstić information content (AvgIpc) is 3.06. The molecule has 0 aliphatic carbocycles. The Labute approximate surface area is 192 Å². The minimum absolute atomic E-state index is 0.0315. The molecular weight excluding hydrogens is 446 g/mol. The molecule has 172 valence electrons. The molecule has 0 spiro atoms. The largest absolute Gasteiger partial charge is 0.449 e. The summed E-state index contributed by atoms with van der Waals surface area (Å²) in [6, 6.07) is 15.3. The molecule has 0 aromatic heterocycles. The van der Waals surface area contributed by atoms with E-state index in [0.29, 0.717) is 22.8 Å². The van der Waals surface area contributed by atoms with E-state index in [1.165, 1.54) is 19.1 Å². The summed E-state index contributed by atoms with van der Waals surface area (Å²) in [5.74, 6) is -4.11. The second kappa shape index (κ2) is 9.22. The molecule has 7 nitrogen and oxygen atoms in total. The van der Waals surface area contributed by atoms with Crippen molar-refractivity contribution < 1.29 is 32.7 Å². The van der Waals surface area contributed by atoms with Gasteiger partial charge in [0.15, 0.2) is 6.10 Å². The van der Waals surface area contributed by atoms with Crippen LogP contribution >= 0.6 is 0 Å². The highest BCUT2D eigenvalue weighted by Gasteiger charge is 2.35. The van der Waals surface area contributed by atoms with Crippen LogP contribution in [0.5, 0.6) is 0 Å². The Balaban J connectivity index is 1.36. The maximum absolute atomic E-state index is 13.7. The smallest absolute Gasteiger partial charge is 0.338 e. The first-order valence-corrected chi connectivity index (χ1v) is 10.3. The van der Waals surface area contributed by atoms with E-state index in [1.807, 2.05) is 0 Å². The van der Waals surface area contributed by atoms with E-state index >= 15 is 0 Å². The number of fused-ring (bicyclic) bond motifs is 1. The molecule has 0 bridgehead atoms. The van der Waals surface area contributed by atoms with Crippen molar-refractivity contribution >= 4 is 29.4 Å². The number of imide groups is 1. The highest BCUT2D eigenvalue weighted by atomic mass is 19.1. The molecule has 9 heteroatoms. The summed E-state index contributed by atoms with van der Waals surface area (Å²) in [4.78, 5) is 50.7. The van der Waals surface area contributed by atoms with Crippen LogP contribution in [-0.2, 0) is 16.1 Å². The second-order valence-corrected chi connectivity index (χ2v) is 7.60. The Morgan fingerprint density at radius 3 is 2.15 bits per heavy atom. The summed E-state index contributed by atoms with van der Waals surface area (Å²) >= 11 is 0. The lowest BCUT2D eigenvalue weighted by Gasteiger charge is -2.15. The first-order valence-electron chi connectivity index (χ1n) is 10.3. The van der Waals surface area contributed by atoms with Crippen molar-refractivity contribution in [2.45, 2.75) is 19.6 Å². The van der Waals surface area contributed by atoms with Crippen LogP contribution in [0.3, 0.4) is 0 Å². The topological polar surface area (TPSA) is 92.8 Å². The molecule has 3 aromatic rings. The third-order valence-electron chi connectivity index (χ3n) is 5.25. The molecule has 4 rings (SSSR count). The van der Waals surface area contributed by atoms with Crippen LogP contribution in [0.25, 0.3) is 0 Å². The SMILES string of the molecule is CC(OC(=O)c1ccc(CN2C(=O)c3ccccc3C2=O)cc1)C(=O)Nc1ccc(F)cc1F. The number of carbonyl (C=O) groups excluding carboxylic acids is 4. The number of benzene rings is 3. The summed E-state index contributed by atoms with van der Waals surface area (Å²) in [7, 11) is 0. The number of hydrogen-bond acceptors (Lipinski definition) is 5. The lowest BCUT2D eigenvalue weighted by molar-refractivity contribution is -0.123. The molecule has 1 aliphatic rings. The van der Waals surface area contributed by atoms with Gasteiger partial charge in [-0.1, -0.05) is 24.3 Å². The maximum Gasteiger partial charge on any atom is 0.338 e. The van der Waals surface area contributed by atoms with Gasteiger partial charge in [0.1, 0.15) is 11.6 Å². The molecule has 0 saturated heterocycles. The van der Waals surface area contributed by atoms with Crippen LogP contribution in [-0.4, -0.2) is 34.7 Å². The number of anilines is 1. The monoisotopic (exact) mass is 464 g/mol. The highest BCUT2D eigenvalue weighted by molar-refractivity contribution is 6.21. The molecule has 1 N–H and O–H groups in total. The lowest BCUT2D eigenvalue weighted by atomic mass is 10.1. The van der Waals surface area contributed by atoms with E-state index in [-0.39, 0.29) is 29.6 Å². The van der Waals surface area contributed by atoms with Gasteiger partial charge in [0.25, 0.3) is 17.7 Å². The van der Waals surface area contributed by atoms with Gasteiger partial charge in [-0.25, -0.2) is 13.6 Å². The van der Waals surface area contributed by atoms with E-state index < -0.39 is 29.6 Å². The zero-order chi connectivity index (χ0) is 24.4. The molecule has 3 aromatic carbocycles. The number of rotatable bonds is 6. The van der Waals surface area contributed by atoms with Gasteiger partial charge in [-0.15, -0.1) is 0 Å². The summed E-state index contributed by atoms with van der Waals surface area (Å²) in [6.07, 6.45) is -1.25. The van der Waals surface area contributed by atoms with Gasteiger partial charge < -0.3 is 10.1 Å². The summed E-state index contributed by atoms with van der Waals surface area (Å²) in [5, 5.41) is 2.23. The van der Waals surface area contributed by atoms with Crippen molar-refractivity contribution in [2.24, 2.45) is 0 Å². The van der Waals surface area contributed by atoms with E-state index in [9.17, 15) is 28.0 Å². The number of nitrogens with one attached hydrogen (secondary N) is 1. The summed E-state index contributed by atoms with van der Waals surface area (Å²) < 4.78 is 31.8. The minimum atomic E-state index is -1.25. The number of esters is 1. The molecule has 1 aliphatic heterocycles. The normalized spacial score (nSPS) is 13.4. The molecule has 0 fully saturated rings. The van der Waals surface area contributed by atoms with Gasteiger partial charge in [-0.05, 0) is 48.9 Å². The average molecular weight is 464 g/mol. The predicted molar refractivity (Wildman–Crippen MR) is 117 cm³/mol. The number of carbonyl (C=O) groups is 4. The molecule has 1 heterocycles.